The van der Waals surface area contributed by atoms with Gasteiger partial charge in [0, 0.05) is 5.92 Å². The van der Waals surface area contributed by atoms with E-state index in [1.807, 2.05) is 0 Å². The Hall–Kier alpha value is -0.610. The summed E-state index contributed by atoms with van der Waals surface area (Å²) in [5.74, 6) is 1.18. The van der Waals surface area contributed by atoms with E-state index in [9.17, 15) is 9.90 Å². The lowest BCUT2D eigenvalue weighted by Gasteiger charge is -2.37. The quantitative estimate of drug-likeness (QED) is 0.564. The molecule has 0 heterocycles. The second kappa shape index (κ2) is 7.74. The zero-order valence-corrected chi connectivity index (χ0v) is 11.8. The predicted octanol–water partition coefficient (Wildman–Crippen LogP) is 1.92. The maximum absolute atomic E-state index is 11.2. The van der Waals surface area contributed by atoms with Gasteiger partial charge in [-0.25, -0.2) is 0 Å². The van der Waals surface area contributed by atoms with Crippen LogP contribution in [0, 0.1) is 17.8 Å². The highest BCUT2D eigenvalue weighted by Crippen LogP contribution is 2.36. The highest BCUT2D eigenvalue weighted by Gasteiger charge is 2.32. The van der Waals surface area contributed by atoms with E-state index in [1.54, 1.807) is 6.92 Å². The third-order valence-corrected chi connectivity index (χ3v) is 4.00. The van der Waals surface area contributed by atoms with Gasteiger partial charge in [-0.2, -0.15) is 0 Å². The number of nitrogens with one attached hydrogen (secondary N) is 1. The van der Waals surface area contributed by atoms with Crippen molar-refractivity contribution in [3.8, 4) is 0 Å². The fourth-order valence-corrected chi connectivity index (χ4v) is 2.93. The molecular weight excluding hydrogens is 230 g/mol. The van der Waals surface area contributed by atoms with Gasteiger partial charge in [-0.05, 0) is 31.6 Å². The Morgan fingerprint density at radius 3 is 2.78 bits per heavy atom. The summed E-state index contributed by atoms with van der Waals surface area (Å²) in [4.78, 5) is 11.2. The Morgan fingerprint density at radius 2 is 2.17 bits per heavy atom. The Bertz CT molecular complexity index is 257. The molecule has 1 fully saturated rings. The van der Waals surface area contributed by atoms with Crippen molar-refractivity contribution in [2.75, 3.05) is 13.2 Å². The first-order valence-electron chi connectivity index (χ1n) is 7.15. The number of hydrogen-bond donors (Lipinski definition) is 2. The number of carbonyl (C=O) groups excluding carboxylic acids is 1. The summed E-state index contributed by atoms with van der Waals surface area (Å²) < 4.78 is 4.84. The lowest BCUT2D eigenvalue weighted by atomic mass is 9.72. The summed E-state index contributed by atoms with van der Waals surface area (Å²) in [7, 11) is 0. The number of carbonyl (C=O) groups is 1. The highest BCUT2D eigenvalue weighted by molar-refractivity contribution is 5.71. The van der Waals surface area contributed by atoms with Crippen molar-refractivity contribution < 1.29 is 14.6 Å². The van der Waals surface area contributed by atoms with E-state index in [0.29, 0.717) is 18.4 Å². The van der Waals surface area contributed by atoms with E-state index in [1.165, 1.54) is 12.8 Å². The topological polar surface area (TPSA) is 58.6 Å². The second-order valence-electron chi connectivity index (χ2n) is 5.38. The van der Waals surface area contributed by atoms with Crippen molar-refractivity contribution >= 4 is 5.97 Å². The van der Waals surface area contributed by atoms with E-state index >= 15 is 0 Å². The summed E-state index contributed by atoms with van der Waals surface area (Å²) in [5.41, 5.74) is 0. The number of hydrogen-bond acceptors (Lipinski definition) is 4. The van der Waals surface area contributed by atoms with Crippen LogP contribution in [0.3, 0.4) is 0 Å². The average Bonchev–Trinajstić information content (AvgIpc) is 2.36. The highest BCUT2D eigenvalue weighted by atomic mass is 16.5. The Kier molecular flexibility index (Phi) is 6.65. The minimum atomic E-state index is -0.595. The SMILES string of the molecule is CCOC(=O)CN[C@H](O)[C@H]1C[C@@H](C)CC[C@H]1CC. The van der Waals surface area contributed by atoms with Gasteiger partial charge < -0.3 is 9.84 Å². The first kappa shape index (κ1) is 15.4. The molecule has 1 saturated carbocycles. The molecule has 4 nitrogen and oxygen atoms in total. The average molecular weight is 257 g/mol. The van der Waals surface area contributed by atoms with Crippen LogP contribution >= 0.6 is 0 Å². The van der Waals surface area contributed by atoms with E-state index in [-0.39, 0.29) is 18.4 Å². The normalized spacial score (nSPS) is 29.9. The van der Waals surface area contributed by atoms with Gasteiger partial charge in [0.1, 0.15) is 6.23 Å². The van der Waals surface area contributed by atoms with Gasteiger partial charge in [-0.15, -0.1) is 0 Å². The molecule has 0 aromatic rings. The molecule has 2 N–H and O–H groups in total. The molecule has 0 aromatic heterocycles. The minimum absolute atomic E-state index is 0.0936. The van der Waals surface area contributed by atoms with Gasteiger partial charge in [-0.3, -0.25) is 10.1 Å². The molecule has 1 aliphatic carbocycles. The van der Waals surface area contributed by atoms with E-state index in [0.717, 1.165) is 12.8 Å². The minimum Gasteiger partial charge on any atom is -0.465 e. The monoisotopic (exact) mass is 257 g/mol. The maximum Gasteiger partial charge on any atom is 0.319 e. The molecular formula is C14H27NO3. The van der Waals surface area contributed by atoms with Crippen LogP contribution in [-0.2, 0) is 9.53 Å². The van der Waals surface area contributed by atoms with Gasteiger partial charge in [-0.1, -0.05) is 26.7 Å². The molecule has 0 unspecified atom stereocenters. The Morgan fingerprint density at radius 1 is 1.44 bits per heavy atom. The van der Waals surface area contributed by atoms with Gasteiger partial charge in [0.15, 0.2) is 0 Å². The van der Waals surface area contributed by atoms with Gasteiger partial charge in [0.25, 0.3) is 0 Å². The van der Waals surface area contributed by atoms with Crippen molar-refractivity contribution in [1.82, 2.24) is 5.32 Å². The van der Waals surface area contributed by atoms with Crippen molar-refractivity contribution in [3.05, 3.63) is 0 Å². The van der Waals surface area contributed by atoms with Crippen molar-refractivity contribution in [1.29, 1.82) is 0 Å². The Balaban J connectivity index is 2.42. The summed E-state index contributed by atoms with van der Waals surface area (Å²) in [5, 5.41) is 13.1. The number of esters is 1. The molecule has 0 aliphatic heterocycles. The van der Waals surface area contributed by atoms with Crippen LogP contribution in [0.4, 0.5) is 0 Å². The Labute approximate surface area is 110 Å². The standard InChI is InChI=1S/C14H27NO3/c1-4-11-7-6-10(3)8-12(11)14(17)15-9-13(16)18-5-2/h10-12,14-15,17H,4-9H2,1-3H3/t10-,11+,12-,14+/m0/s1. The smallest absolute Gasteiger partial charge is 0.319 e. The molecule has 0 radical (unpaired) electrons. The molecule has 1 rings (SSSR count). The molecule has 0 bridgehead atoms. The lowest BCUT2D eigenvalue weighted by molar-refractivity contribution is -0.143. The second-order valence-corrected chi connectivity index (χ2v) is 5.38. The molecule has 106 valence electrons. The van der Waals surface area contributed by atoms with E-state index in [4.69, 9.17) is 4.74 Å². The van der Waals surface area contributed by atoms with Crippen LogP contribution in [0.1, 0.15) is 46.5 Å². The van der Waals surface area contributed by atoms with Gasteiger partial charge in [0.2, 0.25) is 0 Å². The first-order valence-corrected chi connectivity index (χ1v) is 7.15. The largest absolute Gasteiger partial charge is 0.465 e. The van der Waals surface area contributed by atoms with Crippen molar-refractivity contribution in [2.24, 2.45) is 17.8 Å². The third-order valence-electron chi connectivity index (χ3n) is 4.00. The maximum atomic E-state index is 11.2. The molecule has 4 heteroatoms. The molecule has 4 atom stereocenters. The zero-order valence-electron chi connectivity index (χ0n) is 11.8. The summed E-state index contributed by atoms with van der Waals surface area (Å²) in [6, 6.07) is 0. The van der Waals surface area contributed by atoms with E-state index in [2.05, 4.69) is 19.2 Å². The number of ether oxygens (including phenoxy) is 1. The van der Waals surface area contributed by atoms with Crippen LogP contribution < -0.4 is 5.32 Å². The van der Waals surface area contributed by atoms with E-state index < -0.39 is 6.23 Å². The van der Waals surface area contributed by atoms with Crippen LogP contribution in [0.2, 0.25) is 0 Å². The predicted molar refractivity (Wildman–Crippen MR) is 70.9 cm³/mol. The fraction of sp³-hybridized carbons (Fsp3) is 0.929. The van der Waals surface area contributed by atoms with Gasteiger partial charge in [0.05, 0.1) is 13.2 Å². The molecule has 0 aromatic carbocycles. The molecule has 1 aliphatic rings. The molecule has 18 heavy (non-hydrogen) atoms. The zero-order chi connectivity index (χ0) is 13.5. The van der Waals surface area contributed by atoms with Gasteiger partial charge >= 0.3 is 5.97 Å². The summed E-state index contributed by atoms with van der Waals surface area (Å²) >= 11 is 0. The van der Waals surface area contributed by atoms with Crippen molar-refractivity contribution in [3.63, 3.8) is 0 Å². The summed E-state index contributed by atoms with van der Waals surface area (Å²) in [6.45, 7) is 6.66. The summed E-state index contributed by atoms with van der Waals surface area (Å²) in [6.07, 6.45) is 3.97. The third kappa shape index (κ3) is 4.58. The van der Waals surface area contributed by atoms with Crippen LogP contribution in [0.5, 0.6) is 0 Å². The fourth-order valence-electron chi connectivity index (χ4n) is 2.93. The number of aliphatic hydroxyl groups excluding tert-OH is 1. The number of aliphatic hydroxyl groups is 1. The molecule has 0 amide bonds. The molecule has 0 saturated heterocycles. The van der Waals surface area contributed by atoms with Crippen LogP contribution in [-0.4, -0.2) is 30.5 Å². The lowest BCUT2D eigenvalue weighted by Crippen LogP contribution is -2.44. The van der Waals surface area contributed by atoms with Crippen LogP contribution in [0.15, 0.2) is 0 Å². The molecule has 0 spiro atoms. The van der Waals surface area contributed by atoms with Crippen molar-refractivity contribution in [2.45, 2.75) is 52.7 Å². The van der Waals surface area contributed by atoms with Crippen LogP contribution in [0.25, 0.3) is 0 Å². The first-order chi connectivity index (χ1) is 8.58. The number of rotatable bonds is 6.